The van der Waals surface area contributed by atoms with Gasteiger partial charge in [0.25, 0.3) is 0 Å². The van der Waals surface area contributed by atoms with Crippen LogP contribution in [0, 0.1) is 0 Å². The van der Waals surface area contributed by atoms with Gasteiger partial charge in [0.2, 0.25) is 5.95 Å². The summed E-state index contributed by atoms with van der Waals surface area (Å²) in [6, 6.07) is 10.5. The van der Waals surface area contributed by atoms with E-state index in [-0.39, 0.29) is 12.1 Å². The minimum absolute atomic E-state index is 0.0343. The van der Waals surface area contributed by atoms with Crippen molar-refractivity contribution in [2.45, 2.75) is 38.9 Å². The van der Waals surface area contributed by atoms with Crippen LogP contribution in [-0.2, 0) is 11.3 Å². The van der Waals surface area contributed by atoms with E-state index in [1.165, 1.54) is 5.56 Å². The number of cyclic esters (lactones) is 1. The number of hydrogen-bond donors (Lipinski definition) is 2. The molecule has 1 aromatic heterocycles. The average Bonchev–Trinajstić information content (AvgIpc) is 3.02. The summed E-state index contributed by atoms with van der Waals surface area (Å²) >= 11 is 0. The standard InChI is InChI=1S/C22H30N6O2/c1-16(18-6-4-17(5-7-18)14-27-12-10-23-11-13-27)25-20-24-9-8-19(26-20)28-21(29)30-15-22(28,2)3/h4-9,16,23H,10-15H2,1-3H3,(H,24,25,26). The number of amides is 1. The molecule has 2 aliphatic heterocycles. The van der Waals surface area contributed by atoms with E-state index in [1.807, 2.05) is 13.8 Å². The van der Waals surface area contributed by atoms with E-state index >= 15 is 0 Å². The van der Waals surface area contributed by atoms with Gasteiger partial charge in [-0.2, -0.15) is 4.98 Å². The zero-order chi connectivity index (χ0) is 21.1. The van der Waals surface area contributed by atoms with Crippen molar-refractivity contribution in [2.24, 2.45) is 0 Å². The second kappa shape index (κ2) is 8.57. The van der Waals surface area contributed by atoms with E-state index in [1.54, 1.807) is 17.2 Å². The summed E-state index contributed by atoms with van der Waals surface area (Å²) in [4.78, 5) is 25.1. The van der Waals surface area contributed by atoms with Gasteiger partial charge in [0, 0.05) is 38.9 Å². The highest BCUT2D eigenvalue weighted by Crippen LogP contribution is 2.29. The monoisotopic (exact) mass is 410 g/mol. The van der Waals surface area contributed by atoms with Gasteiger partial charge < -0.3 is 15.4 Å². The van der Waals surface area contributed by atoms with Crippen molar-refractivity contribution in [3.8, 4) is 0 Å². The molecule has 1 aromatic carbocycles. The highest BCUT2D eigenvalue weighted by molar-refractivity contribution is 5.90. The van der Waals surface area contributed by atoms with E-state index in [0.717, 1.165) is 38.3 Å². The number of nitrogens with one attached hydrogen (secondary N) is 2. The lowest BCUT2D eigenvalue weighted by Gasteiger charge is -2.27. The largest absolute Gasteiger partial charge is 0.447 e. The number of ether oxygens (including phenoxy) is 1. The Morgan fingerprint density at radius 3 is 2.60 bits per heavy atom. The quantitative estimate of drug-likeness (QED) is 0.758. The lowest BCUT2D eigenvalue weighted by atomic mass is 10.1. The van der Waals surface area contributed by atoms with Gasteiger partial charge in [-0.25, -0.2) is 9.78 Å². The van der Waals surface area contributed by atoms with Crippen molar-refractivity contribution >= 4 is 17.9 Å². The van der Waals surface area contributed by atoms with Crippen LogP contribution in [0.1, 0.15) is 37.9 Å². The van der Waals surface area contributed by atoms with Crippen LogP contribution in [0.15, 0.2) is 36.5 Å². The van der Waals surface area contributed by atoms with E-state index in [2.05, 4.69) is 56.7 Å². The van der Waals surface area contributed by atoms with Crippen molar-refractivity contribution in [3.63, 3.8) is 0 Å². The fourth-order valence-electron chi connectivity index (χ4n) is 3.88. The Morgan fingerprint density at radius 1 is 1.20 bits per heavy atom. The Labute approximate surface area is 177 Å². The third-order valence-corrected chi connectivity index (χ3v) is 5.65. The van der Waals surface area contributed by atoms with Gasteiger partial charge in [0.05, 0.1) is 11.6 Å². The van der Waals surface area contributed by atoms with E-state index in [9.17, 15) is 4.79 Å². The number of piperazine rings is 1. The highest BCUT2D eigenvalue weighted by Gasteiger charge is 2.41. The molecule has 30 heavy (non-hydrogen) atoms. The maximum Gasteiger partial charge on any atom is 0.416 e. The Kier molecular flexibility index (Phi) is 5.87. The first-order valence-electron chi connectivity index (χ1n) is 10.5. The Hall–Kier alpha value is -2.71. The van der Waals surface area contributed by atoms with E-state index in [4.69, 9.17) is 4.74 Å². The van der Waals surface area contributed by atoms with E-state index in [0.29, 0.717) is 18.4 Å². The molecule has 0 bridgehead atoms. The average molecular weight is 411 g/mol. The van der Waals surface area contributed by atoms with Crippen molar-refractivity contribution in [3.05, 3.63) is 47.7 Å². The van der Waals surface area contributed by atoms with Gasteiger partial charge in [0.1, 0.15) is 12.4 Å². The molecule has 1 unspecified atom stereocenters. The number of aromatic nitrogens is 2. The molecule has 1 amide bonds. The lowest BCUT2D eigenvalue weighted by molar-refractivity contribution is 0.175. The minimum atomic E-state index is -0.436. The molecule has 8 heteroatoms. The molecule has 0 saturated carbocycles. The molecule has 2 N–H and O–H groups in total. The van der Waals surface area contributed by atoms with Gasteiger partial charge in [-0.05, 0) is 38.0 Å². The predicted molar refractivity (Wildman–Crippen MR) is 117 cm³/mol. The summed E-state index contributed by atoms with van der Waals surface area (Å²) in [6.07, 6.45) is 1.29. The minimum Gasteiger partial charge on any atom is -0.447 e. The van der Waals surface area contributed by atoms with Crippen LogP contribution < -0.4 is 15.5 Å². The normalized spacial score (nSPS) is 20.1. The third-order valence-electron chi connectivity index (χ3n) is 5.65. The number of anilines is 2. The molecule has 160 valence electrons. The molecule has 0 spiro atoms. The first-order chi connectivity index (χ1) is 14.4. The van der Waals surface area contributed by atoms with Crippen molar-refractivity contribution in [1.29, 1.82) is 0 Å². The summed E-state index contributed by atoms with van der Waals surface area (Å²) in [5.41, 5.74) is 2.05. The summed E-state index contributed by atoms with van der Waals surface area (Å²) < 4.78 is 5.19. The molecule has 2 aromatic rings. The second-order valence-electron chi connectivity index (χ2n) is 8.57. The fourth-order valence-corrected chi connectivity index (χ4v) is 3.88. The first-order valence-corrected chi connectivity index (χ1v) is 10.5. The zero-order valence-corrected chi connectivity index (χ0v) is 17.9. The number of rotatable bonds is 6. The molecule has 3 heterocycles. The Bertz CT molecular complexity index is 879. The molecular formula is C22H30N6O2. The highest BCUT2D eigenvalue weighted by atomic mass is 16.6. The molecule has 4 rings (SSSR count). The van der Waals surface area contributed by atoms with Crippen LogP contribution in [0.3, 0.4) is 0 Å². The first kappa shape index (κ1) is 20.6. The van der Waals surface area contributed by atoms with Crippen LogP contribution in [-0.4, -0.2) is 59.3 Å². The number of hydrogen-bond acceptors (Lipinski definition) is 7. The van der Waals surface area contributed by atoms with Crippen LogP contribution >= 0.6 is 0 Å². The molecular weight excluding hydrogens is 380 g/mol. The maximum atomic E-state index is 12.1. The predicted octanol–water partition coefficient (Wildman–Crippen LogP) is 2.79. The van der Waals surface area contributed by atoms with Gasteiger partial charge in [-0.1, -0.05) is 24.3 Å². The van der Waals surface area contributed by atoms with Crippen LogP contribution in [0.5, 0.6) is 0 Å². The fraction of sp³-hybridized carbons (Fsp3) is 0.500. The van der Waals surface area contributed by atoms with E-state index < -0.39 is 5.54 Å². The smallest absolute Gasteiger partial charge is 0.416 e. The third kappa shape index (κ3) is 4.55. The van der Waals surface area contributed by atoms with Gasteiger partial charge >= 0.3 is 6.09 Å². The summed E-state index contributed by atoms with van der Waals surface area (Å²) in [5, 5.41) is 6.73. The van der Waals surface area contributed by atoms with Crippen molar-refractivity contribution < 1.29 is 9.53 Å². The Balaban J connectivity index is 1.41. The van der Waals surface area contributed by atoms with Crippen LogP contribution in [0.4, 0.5) is 16.6 Å². The van der Waals surface area contributed by atoms with Crippen LogP contribution in [0.2, 0.25) is 0 Å². The SMILES string of the molecule is CC(Nc1nccc(N2C(=O)OCC2(C)C)n1)c1ccc(CN2CCNCC2)cc1. The number of carbonyl (C=O) groups excluding carboxylic acids is 1. The molecule has 0 aliphatic carbocycles. The van der Waals surface area contributed by atoms with Gasteiger partial charge in [-0.15, -0.1) is 0 Å². The summed E-state index contributed by atoms with van der Waals surface area (Å²) in [6.45, 7) is 11.6. The molecule has 2 fully saturated rings. The summed E-state index contributed by atoms with van der Waals surface area (Å²) in [7, 11) is 0. The molecule has 8 nitrogen and oxygen atoms in total. The molecule has 2 aliphatic rings. The molecule has 0 radical (unpaired) electrons. The molecule has 1 atom stereocenters. The summed E-state index contributed by atoms with van der Waals surface area (Å²) in [5.74, 6) is 1.03. The van der Waals surface area contributed by atoms with Crippen molar-refractivity contribution in [2.75, 3.05) is 43.0 Å². The number of carbonyl (C=O) groups is 1. The Morgan fingerprint density at radius 2 is 1.93 bits per heavy atom. The number of nitrogens with zero attached hydrogens (tertiary/aromatic N) is 4. The molecule has 2 saturated heterocycles. The number of benzene rings is 1. The lowest BCUT2D eigenvalue weighted by Crippen LogP contribution is -2.42. The van der Waals surface area contributed by atoms with Gasteiger partial charge in [0.15, 0.2) is 0 Å². The van der Waals surface area contributed by atoms with Gasteiger partial charge in [-0.3, -0.25) is 9.80 Å². The zero-order valence-electron chi connectivity index (χ0n) is 17.9. The topological polar surface area (TPSA) is 82.6 Å². The maximum absolute atomic E-state index is 12.1. The van der Waals surface area contributed by atoms with Crippen LogP contribution in [0.25, 0.3) is 0 Å². The second-order valence-corrected chi connectivity index (χ2v) is 8.57. The van der Waals surface area contributed by atoms with Crippen molar-refractivity contribution in [1.82, 2.24) is 20.2 Å².